The number of rotatable bonds is 18. The van der Waals surface area contributed by atoms with Crippen LogP contribution in [0.5, 0.6) is 11.5 Å². The predicted molar refractivity (Wildman–Crippen MR) is 145 cm³/mol. The van der Waals surface area contributed by atoms with Crippen molar-refractivity contribution in [3.63, 3.8) is 0 Å². The molecule has 0 fully saturated rings. The summed E-state index contributed by atoms with van der Waals surface area (Å²) in [5, 5.41) is 6.49. The van der Waals surface area contributed by atoms with Gasteiger partial charge < -0.3 is 20.1 Å². The van der Waals surface area contributed by atoms with Crippen molar-refractivity contribution >= 4 is 19.9 Å². The summed E-state index contributed by atoms with van der Waals surface area (Å²) in [6.45, 7) is 10.5. The van der Waals surface area contributed by atoms with E-state index in [1.807, 2.05) is 62.4 Å². The van der Waals surface area contributed by atoms with Crippen LogP contribution in [0.3, 0.4) is 0 Å². The fourth-order valence-corrected chi connectivity index (χ4v) is 5.32. The number of benzene rings is 2. The van der Waals surface area contributed by atoms with E-state index in [1.54, 1.807) is 0 Å². The maximum atomic E-state index is 12.1. The van der Waals surface area contributed by atoms with Crippen molar-refractivity contribution in [3.05, 3.63) is 59.7 Å². The largest absolute Gasteiger partial charge is 0.489 e. The summed E-state index contributed by atoms with van der Waals surface area (Å²) in [4.78, 5) is 0. The lowest BCUT2D eigenvalue weighted by molar-refractivity contribution is 0.189. The molecule has 7 nitrogen and oxygen atoms in total. The van der Waals surface area contributed by atoms with Gasteiger partial charge in [-0.05, 0) is 60.7 Å². The second kappa shape index (κ2) is 16.1. The van der Waals surface area contributed by atoms with Crippen molar-refractivity contribution in [1.82, 2.24) is 10.6 Å². The van der Waals surface area contributed by atoms with Gasteiger partial charge in [-0.25, -0.2) is 0 Å². The minimum Gasteiger partial charge on any atom is -0.489 e. The highest BCUT2D eigenvalue weighted by Gasteiger charge is 2.14. The third-order valence-electron chi connectivity index (χ3n) is 5.44. The first-order chi connectivity index (χ1) is 16.8. The van der Waals surface area contributed by atoms with Crippen LogP contribution in [0.2, 0.25) is 0 Å². The molecule has 196 valence electrons. The van der Waals surface area contributed by atoms with E-state index in [1.165, 1.54) is 0 Å². The van der Waals surface area contributed by atoms with E-state index in [9.17, 15) is 8.42 Å². The normalized spacial score (nSPS) is 13.4. The second-order valence-electron chi connectivity index (χ2n) is 8.29. The molecular formula is C26H40N2O5S2. The highest BCUT2D eigenvalue weighted by Crippen LogP contribution is 2.19. The highest BCUT2D eigenvalue weighted by molar-refractivity contribution is 8.70. The Morgan fingerprint density at radius 2 is 1.29 bits per heavy atom. The van der Waals surface area contributed by atoms with E-state index in [0.29, 0.717) is 31.9 Å². The van der Waals surface area contributed by atoms with Crippen molar-refractivity contribution in [3.8, 4) is 11.5 Å². The molecule has 0 heterocycles. The van der Waals surface area contributed by atoms with Crippen molar-refractivity contribution in [1.29, 1.82) is 0 Å². The van der Waals surface area contributed by atoms with Gasteiger partial charge >= 0.3 is 9.15 Å². The molecule has 0 bridgehead atoms. The standard InChI is InChI=1S/C26H40N2O5S2/c1-5-23(32-25-13-9-7-11-21(25)3)19-27-15-17-31-35(29,30)34-18-16-28-20-24(6-2)33-26-14-10-8-12-22(26)4/h7-14,23-24,27-28H,5-6,15-20H2,1-4H3/t23-,24-/m0/s1. The molecule has 0 spiro atoms. The Bertz CT molecular complexity index is 900. The number of nitrogens with one attached hydrogen (secondary N) is 2. The molecule has 0 unspecified atom stereocenters. The smallest absolute Gasteiger partial charge is 0.322 e. The van der Waals surface area contributed by atoms with E-state index in [0.717, 1.165) is 46.3 Å². The molecule has 2 atom stereocenters. The van der Waals surface area contributed by atoms with Gasteiger partial charge in [0.15, 0.2) is 0 Å². The molecule has 0 aliphatic rings. The van der Waals surface area contributed by atoms with Gasteiger partial charge in [0.25, 0.3) is 0 Å². The number of hydrogen-bond acceptors (Lipinski definition) is 8. The summed E-state index contributed by atoms with van der Waals surface area (Å²) in [5.41, 5.74) is 2.19. The van der Waals surface area contributed by atoms with Crippen LogP contribution in [0.25, 0.3) is 0 Å². The fraction of sp³-hybridized carbons (Fsp3) is 0.538. The maximum absolute atomic E-state index is 12.1. The predicted octanol–water partition coefficient (Wildman–Crippen LogP) is 4.49. The molecule has 0 aromatic heterocycles. The van der Waals surface area contributed by atoms with E-state index in [2.05, 4.69) is 24.5 Å². The molecule has 2 aromatic carbocycles. The average molecular weight is 525 g/mol. The fourth-order valence-electron chi connectivity index (χ4n) is 3.27. The van der Waals surface area contributed by atoms with Crippen LogP contribution in [-0.4, -0.2) is 59.2 Å². The van der Waals surface area contributed by atoms with Crippen LogP contribution in [0.4, 0.5) is 0 Å². The lowest BCUT2D eigenvalue weighted by atomic mass is 10.2. The number of hydrogen-bond donors (Lipinski definition) is 2. The summed E-state index contributed by atoms with van der Waals surface area (Å²) in [6, 6.07) is 15.8. The van der Waals surface area contributed by atoms with Crippen LogP contribution in [0.1, 0.15) is 37.8 Å². The first kappa shape index (κ1) is 29.5. The lowest BCUT2D eigenvalue weighted by Gasteiger charge is -2.19. The van der Waals surface area contributed by atoms with Gasteiger partial charge in [0.05, 0.1) is 6.61 Å². The molecule has 0 saturated carbocycles. The Labute approximate surface area is 214 Å². The summed E-state index contributed by atoms with van der Waals surface area (Å²) in [5.74, 6) is 2.16. The van der Waals surface area contributed by atoms with E-state index in [4.69, 9.17) is 13.7 Å². The van der Waals surface area contributed by atoms with E-state index < -0.39 is 9.15 Å². The third kappa shape index (κ3) is 11.7. The number of aryl methyl sites for hydroxylation is 2. The maximum Gasteiger partial charge on any atom is 0.322 e. The van der Waals surface area contributed by atoms with Gasteiger partial charge in [0.2, 0.25) is 0 Å². The average Bonchev–Trinajstić information content (AvgIpc) is 2.84. The Hall–Kier alpha value is -1.78. The van der Waals surface area contributed by atoms with Gasteiger partial charge in [-0.15, -0.1) is 0 Å². The highest BCUT2D eigenvalue weighted by atomic mass is 33.1. The number of para-hydroxylation sites is 2. The van der Waals surface area contributed by atoms with E-state index >= 15 is 0 Å². The molecule has 0 saturated heterocycles. The first-order valence-electron chi connectivity index (χ1n) is 12.2. The van der Waals surface area contributed by atoms with Crippen LogP contribution >= 0.6 is 10.8 Å². The van der Waals surface area contributed by atoms with Crippen LogP contribution in [0, 0.1) is 13.8 Å². The zero-order chi connectivity index (χ0) is 25.5. The molecule has 9 heteroatoms. The Morgan fingerprint density at radius 1 is 0.800 bits per heavy atom. The third-order valence-corrected chi connectivity index (χ3v) is 8.21. The molecule has 2 aromatic rings. The Balaban J connectivity index is 1.57. The zero-order valence-electron chi connectivity index (χ0n) is 21.3. The quantitative estimate of drug-likeness (QED) is 0.218. The zero-order valence-corrected chi connectivity index (χ0v) is 22.9. The summed E-state index contributed by atoms with van der Waals surface area (Å²) in [6.07, 6.45) is 1.74. The molecule has 0 amide bonds. The molecular weight excluding hydrogens is 484 g/mol. The topological polar surface area (TPSA) is 85.9 Å². The van der Waals surface area contributed by atoms with Crippen molar-refractivity contribution < 1.29 is 22.1 Å². The molecule has 0 aliphatic heterocycles. The monoisotopic (exact) mass is 524 g/mol. The van der Waals surface area contributed by atoms with Crippen molar-refractivity contribution in [2.24, 2.45) is 0 Å². The van der Waals surface area contributed by atoms with Crippen molar-refractivity contribution in [2.75, 3.05) is 38.5 Å². The van der Waals surface area contributed by atoms with Gasteiger partial charge in [0, 0.05) is 31.9 Å². The Kier molecular flexibility index (Phi) is 13.5. The molecule has 2 N–H and O–H groups in total. The molecule has 2 rings (SSSR count). The van der Waals surface area contributed by atoms with Crippen molar-refractivity contribution in [2.45, 2.75) is 52.7 Å². The first-order valence-corrected chi connectivity index (χ1v) is 15.2. The van der Waals surface area contributed by atoms with Crippen LogP contribution in [-0.2, 0) is 13.3 Å². The molecule has 0 radical (unpaired) electrons. The minimum atomic E-state index is -3.63. The summed E-state index contributed by atoms with van der Waals surface area (Å²) in [7, 11) is -2.82. The lowest BCUT2D eigenvalue weighted by Crippen LogP contribution is -2.33. The summed E-state index contributed by atoms with van der Waals surface area (Å²) >= 11 is 0. The molecule has 35 heavy (non-hydrogen) atoms. The van der Waals surface area contributed by atoms with Crippen LogP contribution < -0.4 is 20.1 Å². The SMILES string of the molecule is CC[C@@H](CNCCOS(=O)(=O)SCCNC[C@H](CC)Oc1ccccc1C)Oc1ccccc1C. The molecule has 0 aliphatic carbocycles. The van der Waals surface area contributed by atoms with Gasteiger partial charge in [-0.2, -0.15) is 8.42 Å². The summed E-state index contributed by atoms with van der Waals surface area (Å²) < 4.78 is 41.5. The number of ether oxygens (including phenoxy) is 2. The minimum absolute atomic E-state index is 0.00916. The van der Waals surface area contributed by atoms with Crippen LogP contribution in [0.15, 0.2) is 48.5 Å². The Morgan fingerprint density at radius 3 is 1.77 bits per heavy atom. The van der Waals surface area contributed by atoms with E-state index in [-0.39, 0.29) is 18.8 Å². The van der Waals surface area contributed by atoms with Gasteiger partial charge in [-0.1, -0.05) is 50.2 Å². The van der Waals surface area contributed by atoms with Gasteiger partial charge in [0.1, 0.15) is 23.7 Å². The van der Waals surface area contributed by atoms with Gasteiger partial charge in [-0.3, -0.25) is 4.18 Å². The second-order valence-corrected chi connectivity index (χ2v) is 11.9.